The van der Waals surface area contributed by atoms with E-state index >= 15 is 0 Å². The third kappa shape index (κ3) is 13.5. The molecule has 0 aliphatic rings. The fourth-order valence-electron chi connectivity index (χ4n) is 8.71. The number of aliphatic hydroxyl groups is 2. The fourth-order valence-corrected chi connectivity index (χ4v) is 8.71. The van der Waals surface area contributed by atoms with Gasteiger partial charge in [0.05, 0.1) is 13.2 Å². The number of phenolic OH excluding ortho intramolecular Hbond substituents is 2. The first kappa shape index (κ1) is 49.9. The van der Waals surface area contributed by atoms with E-state index in [-0.39, 0.29) is 24.7 Å². The van der Waals surface area contributed by atoms with E-state index in [0.717, 1.165) is 132 Å². The van der Waals surface area contributed by atoms with Crippen LogP contribution in [0.1, 0.15) is 88.5 Å². The normalized spacial score (nSPS) is 11.6. The van der Waals surface area contributed by atoms with Gasteiger partial charge in [-0.3, -0.25) is 4.90 Å². The van der Waals surface area contributed by atoms with Crippen molar-refractivity contribution >= 4 is 21.5 Å². The minimum absolute atomic E-state index is 0.112. The zero-order valence-electron chi connectivity index (χ0n) is 39.7. The molecule has 6 rings (SSSR count). The van der Waals surface area contributed by atoms with Gasteiger partial charge in [0.15, 0.2) is 0 Å². The van der Waals surface area contributed by atoms with Gasteiger partial charge in [-0.15, -0.1) is 0 Å². The van der Waals surface area contributed by atoms with Gasteiger partial charge in [0.1, 0.15) is 47.7 Å². The summed E-state index contributed by atoms with van der Waals surface area (Å²) in [6.45, 7) is 16.6. The molecule has 6 aromatic carbocycles. The van der Waals surface area contributed by atoms with Crippen molar-refractivity contribution in [2.24, 2.45) is 0 Å². The number of rotatable bonds is 29. The molecule has 0 fully saturated rings. The number of nitrogens with zero attached hydrogens (tertiary/aromatic N) is 2. The molecule has 0 unspecified atom stereocenters. The summed E-state index contributed by atoms with van der Waals surface area (Å²) in [7, 11) is 0. The first-order valence-corrected chi connectivity index (χ1v) is 24.2. The number of benzene rings is 6. The van der Waals surface area contributed by atoms with Gasteiger partial charge in [0, 0.05) is 61.4 Å². The average molecular weight is 901 g/mol. The van der Waals surface area contributed by atoms with Crippen LogP contribution in [0.25, 0.3) is 32.7 Å². The predicted molar refractivity (Wildman–Crippen MR) is 268 cm³/mol. The topological polar surface area (TPSA) is 124 Å². The van der Waals surface area contributed by atoms with Crippen molar-refractivity contribution in [3.63, 3.8) is 0 Å². The Hall–Kier alpha value is -5.52. The molecule has 0 heterocycles. The second-order valence-corrected chi connectivity index (χ2v) is 17.0. The number of unbranched alkanes of at least 4 members (excludes halogenated alkanes) is 2. The Balaban J connectivity index is 1.43. The van der Waals surface area contributed by atoms with E-state index in [1.54, 1.807) is 18.2 Å². The van der Waals surface area contributed by atoms with Crippen molar-refractivity contribution in [1.29, 1.82) is 0 Å². The van der Waals surface area contributed by atoms with Gasteiger partial charge in [-0.2, -0.15) is 0 Å². The number of hydrogen-bond donors (Lipinski definition) is 4. The number of phenols is 2. The lowest BCUT2D eigenvalue weighted by atomic mass is 9.90. The number of likely N-dealkylation sites (N-methyl/N-ethyl adjacent to an activating group) is 1. The van der Waals surface area contributed by atoms with Crippen LogP contribution in [-0.2, 0) is 12.8 Å². The molecule has 354 valence electrons. The summed E-state index contributed by atoms with van der Waals surface area (Å²) in [6.07, 6.45) is 5.99. The third-order valence-corrected chi connectivity index (χ3v) is 12.3. The molecule has 0 atom stereocenters. The lowest BCUT2D eigenvalue weighted by Crippen LogP contribution is -2.30. The Labute approximate surface area is 392 Å². The van der Waals surface area contributed by atoms with Crippen LogP contribution in [0, 0.1) is 0 Å². The molecule has 0 aliphatic heterocycles. The van der Waals surface area contributed by atoms with Gasteiger partial charge in [-0.1, -0.05) is 64.1 Å². The molecule has 0 aromatic heterocycles. The number of hydrogen-bond acceptors (Lipinski definition) is 10. The lowest BCUT2D eigenvalue weighted by molar-refractivity contribution is 0.209. The van der Waals surface area contributed by atoms with Crippen LogP contribution in [0.4, 0.5) is 0 Å². The Bertz CT molecular complexity index is 2410. The lowest BCUT2D eigenvalue weighted by Gasteiger charge is -2.22. The van der Waals surface area contributed by atoms with Gasteiger partial charge in [0.25, 0.3) is 0 Å². The number of fused-ring (bicyclic) bond motifs is 2. The molecule has 10 nitrogen and oxygen atoms in total. The van der Waals surface area contributed by atoms with E-state index in [2.05, 4.69) is 61.8 Å². The van der Waals surface area contributed by atoms with Gasteiger partial charge in [-0.05, 0) is 158 Å². The molecule has 0 aliphatic carbocycles. The zero-order valence-corrected chi connectivity index (χ0v) is 39.7. The van der Waals surface area contributed by atoms with Crippen LogP contribution in [0.5, 0.6) is 34.5 Å². The minimum Gasteiger partial charge on any atom is -0.508 e. The Morgan fingerprint density at radius 2 is 1.03 bits per heavy atom. The second kappa shape index (κ2) is 26.0. The van der Waals surface area contributed by atoms with E-state index < -0.39 is 0 Å². The molecule has 66 heavy (non-hydrogen) atoms. The van der Waals surface area contributed by atoms with Crippen LogP contribution >= 0.6 is 0 Å². The summed E-state index contributed by atoms with van der Waals surface area (Å²) in [5.41, 5.74) is 5.54. The highest BCUT2D eigenvalue weighted by Gasteiger charge is 2.21. The predicted octanol–water partition coefficient (Wildman–Crippen LogP) is 10.8. The molecular weight excluding hydrogens is 829 g/mol. The van der Waals surface area contributed by atoms with Crippen molar-refractivity contribution in [3.8, 4) is 45.6 Å². The van der Waals surface area contributed by atoms with Crippen molar-refractivity contribution in [1.82, 2.24) is 9.80 Å². The zero-order chi connectivity index (χ0) is 46.7. The maximum absolute atomic E-state index is 12.0. The molecule has 4 N–H and O–H groups in total. The molecular formula is C56H72N2O8. The molecule has 0 amide bonds. The van der Waals surface area contributed by atoms with Gasteiger partial charge < -0.3 is 44.3 Å². The Morgan fingerprint density at radius 1 is 0.470 bits per heavy atom. The minimum atomic E-state index is 0.112. The van der Waals surface area contributed by atoms with E-state index in [0.29, 0.717) is 63.4 Å². The number of aliphatic hydroxyl groups excluding tert-OH is 2. The van der Waals surface area contributed by atoms with Crippen molar-refractivity contribution in [3.05, 3.63) is 119 Å². The summed E-state index contributed by atoms with van der Waals surface area (Å²) in [4.78, 5) is 4.78. The first-order valence-electron chi connectivity index (χ1n) is 24.2. The molecule has 0 saturated carbocycles. The third-order valence-electron chi connectivity index (χ3n) is 12.3. The summed E-state index contributed by atoms with van der Waals surface area (Å²) < 4.78 is 25.7. The smallest absolute Gasteiger partial charge is 0.127 e. The van der Waals surface area contributed by atoms with Gasteiger partial charge >= 0.3 is 0 Å². The molecule has 0 saturated heterocycles. The fraction of sp³-hybridized carbons (Fsp3) is 0.429. The van der Waals surface area contributed by atoms with E-state index in [9.17, 15) is 20.4 Å². The summed E-state index contributed by atoms with van der Waals surface area (Å²) in [5.74, 6) is 3.37. The van der Waals surface area contributed by atoms with E-state index in [4.69, 9.17) is 18.9 Å². The second-order valence-electron chi connectivity index (χ2n) is 17.0. The Kier molecular flexibility index (Phi) is 19.6. The Morgan fingerprint density at radius 3 is 1.70 bits per heavy atom. The molecule has 6 aromatic rings. The monoisotopic (exact) mass is 901 g/mol. The van der Waals surface area contributed by atoms with E-state index in [1.165, 1.54) is 0 Å². The van der Waals surface area contributed by atoms with Gasteiger partial charge in [0.2, 0.25) is 0 Å². The molecule has 0 spiro atoms. The first-order chi connectivity index (χ1) is 32.3. The van der Waals surface area contributed by atoms with Crippen molar-refractivity contribution in [2.45, 2.75) is 79.1 Å². The van der Waals surface area contributed by atoms with Crippen LogP contribution in [-0.4, -0.2) is 109 Å². The van der Waals surface area contributed by atoms with E-state index in [1.807, 2.05) is 54.6 Å². The van der Waals surface area contributed by atoms with Crippen LogP contribution in [0.2, 0.25) is 0 Å². The van der Waals surface area contributed by atoms with Crippen LogP contribution in [0.15, 0.2) is 97.1 Å². The number of aromatic hydroxyl groups is 2. The SMILES string of the molecule is CCCN(CCC)CCOc1ccc(Cc2c(OCCCCO)ccc3cc(O)ccc23)cc1-c1c(O)ccc2c(Cc3ccc(OCCN(CC)CC)cc3)c(OCCCCO)ccc12. The van der Waals surface area contributed by atoms with Crippen molar-refractivity contribution in [2.75, 3.05) is 78.9 Å². The van der Waals surface area contributed by atoms with Crippen LogP contribution < -0.4 is 18.9 Å². The van der Waals surface area contributed by atoms with Gasteiger partial charge in [-0.25, -0.2) is 0 Å². The largest absolute Gasteiger partial charge is 0.508 e. The number of ether oxygens (including phenoxy) is 4. The highest BCUT2D eigenvalue weighted by molar-refractivity contribution is 6.03. The van der Waals surface area contributed by atoms with Crippen molar-refractivity contribution < 1.29 is 39.4 Å². The van der Waals surface area contributed by atoms with Crippen LogP contribution in [0.3, 0.4) is 0 Å². The maximum atomic E-state index is 12.0. The quantitative estimate of drug-likeness (QED) is 0.0338. The summed E-state index contributed by atoms with van der Waals surface area (Å²) in [6, 6.07) is 31.7. The average Bonchev–Trinajstić information content (AvgIpc) is 3.32. The summed E-state index contributed by atoms with van der Waals surface area (Å²) in [5, 5.41) is 45.0. The molecule has 10 heteroatoms. The highest BCUT2D eigenvalue weighted by atomic mass is 16.5. The standard InChI is InChI=1S/C56H72N2O8/c1-5-27-58(28-6-2)30-36-66-55-24-15-42(38-49-46-20-17-44(61)40-43(46)16-25-53(49)64-33-11-9-31-59)39-51(55)56-48-22-26-54(65-34-12-10-32-60)50(47(48)21-23-52(56)62)37-41-13-18-45(19-14-41)63-35-29-57(7-3)8-4/h13-26,39-40,59-62H,5-12,27-38H2,1-4H3. The maximum Gasteiger partial charge on any atom is 0.127 e. The summed E-state index contributed by atoms with van der Waals surface area (Å²) >= 11 is 0. The molecule has 0 radical (unpaired) electrons. The highest BCUT2D eigenvalue weighted by Crippen LogP contribution is 2.45. The molecule has 0 bridgehead atoms.